The molecule has 1 amide bonds. The zero-order chi connectivity index (χ0) is 15.3. The second kappa shape index (κ2) is 6.83. The van der Waals surface area contributed by atoms with Crippen molar-refractivity contribution in [2.45, 2.75) is 24.8 Å². The van der Waals surface area contributed by atoms with Gasteiger partial charge < -0.3 is 10.6 Å². The molecule has 20 heavy (non-hydrogen) atoms. The van der Waals surface area contributed by atoms with Gasteiger partial charge in [-0.25, -0.2) is 12.7 Å². The van der Waals surface area contributed by atoms with Crippen LogP contribution in [0.4, 0.5) is 5.69 Å². The molecule has 0 saturated heterocycles. The van der Waals surface area contributed by atoms with E-state index in [-0.39, 0.29) is 23.4 Å². The van der Waals surface area contributed by atoms with Crippen molar-refractivity contribution in [2.75, 3.05) is 26.0 Å². The average molecular weight is 299 g/mol. The minimum atomic E-state index is -3.44. The maximum Gasteiger partial charge on any atom is 0.242 e. The van der Waals surface area contributed by atoms with E-state index in [1.54, 1.807) is 12.1 Å². The highest BCUT2D eigenvalue weighted by Crippen LogP contribution is 2.16. The first-order valence-electron chi connectivity index (χ1n) is 6.29. The molecule has 6 nitrogen and oxygen atoms in total. The van der Waals surface area contributed by atoms with Crippen molar-refractivity contribution in [1.29, 1.82) is 0 Å². The number of hydrogen-bond acceptors (Lipinski definition) is 4. The van der Waals surface area contributed by atoms with Crippen molar-refractivity contribution < 1.29 is 13.2 Å². The third-order valence-electron chi connectivity index (χ3n) is 2.59. The van der Waals surface area contributed by atoms with Crippen LogP contribution in [-0.4, -0.2) is 45.3 Å². The topological polar surface area (TPSA) is 78.5 Å². The van der Waals surface area contributed by atoms with Crippen LogP contribution in [0.15, 0.2) is 29.2 Å². The van der Waals surface area contributed by atoms with E-state index >= 15 is 0 Å². The van der Waals surface area contributed by atoms with Gasteiger partial charge in [0.2, 0.25) is 15.9 Å². The molecule has 0 radical (unpaired) electrons. The number of rotatable bonds is 6. The molecule has 0 unspecified atom stereocenters. The van der Waals surface area contributed by atoms with Gasteiger partial charge in [-0.15, -0.1) is 0 Å². The summed E-state index contributed by atoms with van der Waals surface area (Å²) in [5.41, 5.74) is 0.568. The number of benzene rings is 1. The summed E-state index contributed by atoms with van der Waals surface area (Å²) in [6.07, 6.45) is 0. The normalized spacial score (nSPS) is 11.9. The molecule has 0 saturated carbocycles. The lowest BCUT2D eigenvalue weighted by atomic mass is 10.3. The fraction of sp³-hybridized carbons (Fsp3) is 0.462. The number of hydrogen-bond donors (Lipinski definition) is 2. The summed E-state index contributed by atoms with van der Waals surface area (Å²) in [7, 11) is -0.486. The molecule has 0 aliphatic carbocycles. The molecule has 7 heteroatoms. The number of sulfonamides is 1. The van der Waals surface area contributed by atoms with Gasteiger partial charge in [0, 0.05) is 25.8 Å². The highest BCUT2D eigenvalue weighted by Gasteiger charge is 2.16. The Balaban J connectivity index is 2.71. The van der Waals surface area contributed by atoms with E-state index in [2.05, 4.69) is 10.6 Å². The van der Waals surface area contributed by atoms with Crippen molar-refractivity contribution in [1.82, 2.24) is 9.62 Å². The van der Waals surface area contributed by atoms with Crippen LogP contribution in [0.25, 0.3) is 0 Å². The van der Waals surface area contributed by atoms with E-state index in [1.807, 2.05) is 13.8 Å². The molecule has 0 spiro atoms. The highest BCUT2D eigenvalue weighted by molar-refractivity contribution is 7.89. The molecule has 0 bridgehead atoms. The third-order valence-corrected chi connectivity index (χ3v) is 4.42. The SMILES string of the molecule is CC(C)NCC(=O)Nc1ccc(S(=O)(=O)N(C)C)cc1. The Morgan fingerprint density at radius 3 is 2.20 bits per heavy atom. The molecule has 1 aromatic rings. The highest BCUT2D eigenvalue weighted by atomic mass is 32.2. The van der Waals surface area contributed by atoms with Gasteiger partial charge in [-0.3, -0.25) is 4.79 Å². The van der Waals surface area contributed by atoms with Gasteiger partial charge >= 0.3 is 0 Å². The summed E-state index contributed by atoms with van der Waals surface area (Å²) in [6, 6.07) is 6.32. The maximum atomic E-state index is 11.9. The van der Waals surface area contributed by atoms with Crippen molar-refractivity contribution in [3.63, 3.8) is 0 Å². The zero-order valence-electron chi connectivity index (χ0n) is 12.2. The molecule has 1 rings (SSSR count). The second-order valence-corrected chi connectivity index (χ2v) is 7.05. The molecule has 0 atom stereocenters. The fourth-order valence-electron chi connectivity index (χ4n) is 1.42. The fourth-order valence-corrected chi connectivity index (χ4v) is 2.32. The second-order valence-electron chi connectivity index (χ2n) is 4.90. The van der Waals surface area contributed by atoms with E-state index < -0.39 is 10.0 Å². The van der Waals surface area contributed by atoms with Crippen LogP contribution >= 0.6 is 0 Å². The minimum Gasteiger partial charge on any atom is -0.325 e. The molecule has 0 heterocycles. The van der Waals surface area contributed by atoms with Crippen LogP contribution in [0, 0.1) is 0 Å². The maximum absolute atomic E-state index is 11.9. The predicted molar refractivity (Wildman–Crippen MR) is 79.1 cm³/mol. The number of anilines is 1. The molecule has 2 N–H and O–H groups in total. The summed E-state index contributed by atoms with van der Waals surface area (Å²) < 4.78 is 24.9. The lowest BCUT2D eigenvalue weighted by Gasteiger charge is -2.12. The van der Waals surface area contributed by atoms with Crippen LogP contribution < -0.4 is 10.6 Å². The lowest BCUT2D eigenvalue weighted by molar-refractivity contribution is -0.115. The quantitative estimate of drug-likeness (QED) is 0.817. The minimum absolute atomic E-state index is 0.165. The van der Waals surface area contributed by atoms with E-state index in [4.69, 9.17) is 0 Å². The van der Waals surface area contributed by atoms with Crippen molar-refractivity contribution >= 4 is 21.6 Å². The molecule has 0 aliphatic heterocycles. The largest absolute Gasteiger partial charge is 0.325 e. The van der Waals surface area contributed by atoms with E-state index in [9.17, 15) is 13.2 Å². The van der Waals surface area contributed by atoms with E-state index in [0.29, 0.717) is 5.69 Å². The predicted octanol–water partition coefficient (Wildman–Crippen LogP) is 0.873. The zero-order valence-corrected chi connectivity index (χ0v) is 13.0. The molecular formula is C13H21N3O3S. The van der Waals surface area contributed by atoms with Crippen molar-refractivity contribution in [3.05, 3.63) is 24.3 Å². The van der Waals surface area contributed by atoms with Gasteiger partial charge in [0.15, 0.2) is 0 Å². The first kappa shape index (κ1) is 16.6. The van der Waals surface area contributed by atoms with E-state index in [1.165, 1.54) is 26.2 Å². The van der Waals surface area contributed by atoms with Crippen LogP contribution in [0.3, 0.4) is 0 Å². The standard InChI is InChI=1S/C13H21N3O3S/c1-10(2)14-9-13(17)15-11-5-7-12(8-6-11)20(18,19)16(3)4/h5-8,10,14H,9H2,1-4H3,(H,15,17). The van der Waals surface area contributed by atoms with Crippen molar-refractivity contribution in [2.24, 2.45) is 0 Å². The molecule has 0 aromatic heterocycles. The summed E-state index contributed by atoms with van der Waals surface area (Å²) in [5.74, 6) is -0.165. The van der Waals surface area contributed by atoms with Crippen LogP contribution in [0.2, 0.25) is 0 Å². The van der Waals surface area contributed by atoms with Gasteiger partial charge in [-0.05, 0) is 24.3 Å². The molecule has 0 fully saturated rings. The molecular weight excluding hydrogens is 278 g/mol. The van der Waals surface area contributed by atoms with Gasteiger partial charge in [0.25, 0.3) is 0 Å². The molecule has 1 aromatic carbocycles. The first-order chi connectivity index (χ1) is 9.23. The third kappa shape index (κ3) is 4.59. The van der Waals surface area contributed by atoms with Gasteiger partial charge in [-0.1, -0.05) is 13.8 Å². The van der Waals surface area contributed by atoms with E-state index in [0.717, 1.165) is 4.31 Å². The molecule has 0 aliphatic rings. The number of nitrogens with zero attached hydrogens (tertiary/aromatic N) is 1. The summed E-state index contributed by atoms with van der Waals surface area (Å²) >= 11 is 0. The Kier molecular flexibility index (Phi) is 5.67. The van der Waals surface area contributed by atoms with Gasteiger partial charge in [0.1, 0.15) is 0 Å². The summed E-state index contributed by atoms with van der Waals surface area (Å²) in [5, 5.41) is 5.70. The van der Waals surface area contributed by atoms with Crippen LogP contribution in [-0.2, 0) is 14.8 Å². The Hall–Kier alpha value is -1.44. The smallest absolute Gasteiger partial charge is 0.242 e. The Morgan fingerprint density at radius 1 is 1.20 bits per heavy atom. The Labute approximate surface area is 120 Å². The summed E-state index contributed by atoms with van der Waals surface area (Å²) in [6.45, 7) is 4.12. The first-order valence-corrected chi connectivity index (χ1v) is 7.73. The monoisotopic (exact) mass is 299 g/mol. The van der Waals surface area contributed by atoms with Crippen molar-refractivity contribution in [3.8, 4) is 0 Å². The van der Waals surface area contributed by atoms with Gasteiger partial charge in [-0.2, -0.15) is 0 Å². The lowest BCUT2D eigenvalue weighted by Crippen LogP contribution is -2.32. The number of carbonyl (C=O) groups excluding carboxylic acids is 1. The van der Waals surface area contributed by atoms with Crippen LogP contribution in [0.5, 0.6) is 0 Å². The number of carbonyl (C=O) groups is 1. The van der Waals surface area contributed by atoms with Crippen LogP contribution in [0.1, 0.15) is 13.8 Å². The summed E-state index contributed by atoms with van der Waals surface area (Å²) in [4.78, 5) is 11.8. The Morgan fingerprint density at radius 2 is 1.75 bits per heavy atom. The Bertz CT molecular complexity index is 551. The number of nitrogens with one attached hydrogen (secondary N) is 2. The molecule has 112 valence electrons. The average Bonchev–Trinajstić information content (AvgIpc) is 2.37. The number of amides is 1. The van der Waals surface area contributed by atoms with Gasteiger partial charge in [0.05, 0.1) is 11.4 Å².